The quantitative estimate of drug-likeness (QED) is 0.597. The molecule has 1 aromatic heterocycles. The van der Waals surface area contributed by atoms with Gasteiger partial charge in [0.2, 0.25) is 5.91 Å². The Morgan fingerprint density at radius 3 is 2.69 bits per heavy atom. The molecule has 2 saturated heterocycles. The van der Waals surface area contributed by atoms with Gasteiger partial charge < -0.3 is 19.7 Å². The van der Waals surface area contributed by atoms with Crippen molar-refractivity contribution in [2.24, 2.45) is 0 Å². The average Bonchev–Trinajstić information content (AvgIpc) is 3.41. The zero-order valence-corrected chi connectivity index (χ0v) is 18.4. The fourth-order valence-corrected chi connectivity index (χ4v) is 5.40. The van der Waals surface area contributed by atoms with Gasteiger partial charge in [-0.05, 0) is 36.1 Å². The van der Waals surface area contributed by atoms with Gasteiger partial charge >= 0.3 is 6.03 Å². The minimum atomic E-state index is -1.28. The van der Waals surface area contributed by atoms with Gasteiger partial charge in [-0.15, -0.1) is 23.1 Å². The number of aliphatic carboxylic acids is 1. The van der Waals surface area contributed by atoms with E-state index >= 15 is 0 Å². The first kappa shape index (κ1) is 22.3. The highest BCUT2D eigenvalue weighted by Gasteiger charge is 2.53. The van der Waals surface area contributed by atoms with Crippen LogP contribution < -0.4 is 10.0 Å². The zero-order chi connectivity index (χ0) is 22.8. The summed E-state index contributed by atoms with van der Waals surface area (Å²) in [5.41, 5.74) is 0.0975. The highest BCUT2D eigenvalue weighted by Crippen LogP contribution is 2.35. The molecule has 32 heavy (non-hydrogen) atoms. The number of halogens is 1. The zero-order valence-electron chi connectivity index (χ0n) is 16.8. The van der Waals surface area contributed by atoms with Gasteiger partial charge in [0.05, 0.1) is 30.0 Å². The van der Waals surface area contributed by atoms with Crippen molar-refractivity contribution >= 4 is 52.6 Å². The Bertz CT molecular complexity index is 1050. The Balaban J connectivity index is 1.65. The van der Waals surface area contributed by atoms with E-state index in [1.54, 1.807) is 4.90 Å². The Labute approximate surface area is 191 Å². The lowest BCUT2D eigenvalue weighted by atomic mass is 10.0. The number of carboxylic acid groups (broad SMARTS) is 1. The highest BCUT2D eigenvalue weighted by atomic mass is 32.2. The maximum atomic E-state index is 13.9. The van der Waals surface area contributed by atoms with Crippen LogP contribution in [-0.4, -0.2) is 63.7 Å². The minimum Gasteiger partial charge on any atom is -0.549 e. The first-order valence-corrected chi connectivity index (χ1v) is 11.9. The van der Waals surface area contributed by atoms with E-state index in [9.17, 15) is 28.7 Å². The Morgan fingerprint density at radius 1 is 1.19 bits per heavy atom. The number of imide groups is 1. The summed E-state index contributed by atoms with van der Waals surface area (Å²) < 4.78 is 13.9. The van der Waals surface area contributed by atoms with Crippen LogP contribution in [0, 0.1) is 5.82 Å². The average molecular weight is 477 g/mol. The van der Waals surface area contributed by atoms with Gasteiger partial charge in [-0.25, -0.2) is 14.1 Å². The second kappa shape index (κ2) is 9.29. The van der Waals surface area contributed by atoms with E-state index in [-0.39, 0.29) is 36.2 Å². The van der Waals surface area contributed by atoms with Gasteiger partial charge in [0, 0.05) is 17.2 Å². The van der Waals surface area contributed by atoms with Crippen LogP contribution in [0.15, 0.2) is 41.8 Å². The summed E-state index contributed by atoms with van der Waals surface area (Å²) in [6, 6.07) is 6.95. The molecule has 4 amide bonds. The number of benzene rings is 1. The molecule has 168 valence electrons. The lowest BCUT2D eigenvalue weighted by Crippen LogP contribution is -2.66. The van der Waals surface area contributed by atoms with Crippen molar-refractivity contribution in [2.45, 2.75) is 25.0 Å². The third-order valence-corrected chi connectivity index (χ3v) is 7.17. The number of likely N-dealkylation sites (tertiary alicyclic amines) is 1. The number of carbonyl (C=O) groups excluding carboxylic acids is 4. The highest BCUT2D eigenvalue weighted by molar-refractivity contribution is 8.00. The van der Waals surface area contributed by atoms with E-state index in [2.05, 4.69) is 0 Å². The van der Waals surface area contributed by atoms with Crippen molar-refractivity contribution in [3.05, 3.63) is 52.5 Å². The third kappa shape index (κ3) is 4.35. The maximum Gasteiger partial charge on any atom is 0.332 e. The SMILES string of the molecule is O=C([O-])CSCC(=O)N1CC[C@@H]2[C@H]1C(=O)N(c1cccc(F)c1)C(=O)N2Cc1cccs1. The second-order valence-corrected chi connectivity index (χ2v) is 9.41. The van der Waals surface area contributed by atoms with Crippen molar-refractivity contribution in [1.82, 2.24) is 9.80 Å². The summed E-state index contributed by atoms with van der Waals surface area (Å²) in [6.07, 6.45) is 0.418. The van der Waals surface area contributed by atoms with Crippen LogP contribution in [0.2, 0.25) is 0 Å². The number of hydrogen-bond donors (Lipinski definition) is 0. The molecule has 0 saturated carbocycles. The van der Waals surface area contributed by atoms with Gasteiger partial charge in [0.1, 0.15) is 11.9 Å². The lowest BCUT2D eigenvalue weighted by Gasteiger charge is -2.43. The minimum absolute atomic E-state index is 0.0975. The summed E-state index contributed by atoms with van der Waals surface area (Å²) >= 11 is 2.37. The van der Waals surface area contributed by atoms with Crippen molar-refractivity contribution < 1.29 is 28.7 Å². The molecule has 2 aliphatic heterocycles. The number of anilines is 1. The number of rotatable bonds is 7. The van der Waals surface area contributed by atoms with E-state index < -0.39 is 35.8 Å². The molecule has 0 bridgehead atoms. The molecule has 0 N–H and O–H groups in total. The van der Waals surface area contributed by atoms with Crippen LogP contribution >= 0.6 is 23.1 Å². The largest absolute Gasteiger partial charge is 0.549 e. The number of hydrogen-bond acceptors (Lipinski definition) is 7. The molecule has 0 radical (unpaired) electrons. The van der Waals surface area contributed by atoms with E-state index in [0.29, 0.717) is 6.42 Å². The van der Waals surface area contributed by atoms with Crippen LogP contribution in [0.4, 0.5) is 14.9 Å². The summed E-state index contributed by atoms with van der Waals surface area (Å²) in [4.78, 5) is 55.0. The second-order valence-electron chi connectivity index (χ2n) is 7.40. The number of thioether (sulfide) groups is 1. The van der Waals surface area contributed by atoms with Crippen molar-refractivity contribution in [3.8, 4) is 0 Å². The molecule has 2 aromatic rings. The van der Waals surface area contributed by atoms with Gasteiger partial charge in [-0.1, -0.05) is 12.1 Å². The van der Waals surface area contributed by atoms with Crippen LogP contribution in [0.25, 0.3) is 0 Å². The number of amides is 4. The monoisotopic (exact) mass is 476 g/mol. The number of urea groups is 1. The van der Waals surface area contributed by atoms with Gasteiger partial charge in [-0.3, -0.25) is 9.59 Å². The van der Waals surface area contributed by atoms with E-state index in [1.165, 1.54) is 34.4 Å². The standard InChI is InChI=1S/C21H20FN3O5S2/c22-13-3-1-4-14(9-13)25-20(29)19-16(24(21(25)30)10-15-5-2-8-32-15)6-7-23(19)17(26)11-31-12-18(27)28/h1-5,8-9,16,19H,6-7,10-12H2,(H,27,28)/p-1/t16-,19+/m1/s1. The first-order valence-electron chi connectivity index (χ1n) is 9.86. The van der Waals surface area contributed by atoms with Crippen molar-refractivity contribution in [2.75, 3.05) is 23.0 Å². The number of fused-ring (bicyclic) bond motifs is 1. The molecule has 2 aliphatic rings. The Morgan fingerprint density at radius 2 is 2.00 bits per heavy atom. The fraction of sp³-hybridized carbons (Fsp3) is 0.333. The lowest BCUT2D eigenvalue weighted by molar-refractivity contribution is -0.301. The summed E-state index contributed by atoms with van der Waals surface area (Å²) in [5, 5.41) is 12.5. The molecule has 0 aliphatic carbocycles. The third-order valence-electron chi connectivity index (χ3n) is 5.42. The fourth-order valence-electron chi connectivity index (χ4n) is 4.09. The van der Waals surface area contributed by atoms with Gasteiger partial charge in [-0.2, -0.15) is 0 Å². The molecule has 0 spiro atoms. The molecule has 11 heteroatoms. The van der Waals surface area contributed by atoms with Gasteiger partial charge in [0.15, 0.2) is 0 Å². The molecule has 4 rings (SSSR count). The Kier molecular flexibility index (Phi) is 6.47. The van der Waals surface area contributed by atoms with Crippen LogP contribution in [-0.2, 0) is 20.9 Å². The van der Waals surface area contributed by atoms with Crippen LogP contribution in [0.3, 0.4) is 0 Å². The molecule has 2 atom stereocenters. The predicted molar refractivity (Wildman–Crippen MR) is 115 cm³/mol. The number of carboxylic acids is 1. The number of carbonyl (C=O) groups is 4. The molecule has 0 unspecified atom stereocenters. The topological polar surface area (TPSA) is 101 Å². The summed E-state index contributed by atoms with van der Waals surface area (Å²) in [7, 11) is 0. The molecule has 2 fully saturated rings. The molecule has 1 aromatic carbocycles. The normalized spacial score (nSPS) is 20.6. The first-order chi connectivity index (χ1) is 15.4. The predicted octanol–water partition coefficient (Wildman–Crippen LogP) is 1.31. The smallest absolute Gasteiger partial charge is 0.332 e. The van der Waals surface area contributed by atoms with E-state index in [0.717, 1.165) is 27.6 Å². The molecule has 3 heterocycles. The van der Waals surface area contributed by atoms with Crippen LogP contribution in [0.1, 0.15) is 11.3 Å². The van der Waals surface area contributed by atoms with Crippen molar-refractivity contribution in [3.63, 3.8) is 0 Å². The summed E-state index contributed by atoms with van der Waals surface area (Å²) in [5.74, 6) is -3.30. The Hall–Kier alpha value is -2.92. The maximum absolute atomic E-state index is 13.9. The molecular weight excluding hydrogens is 457 g/mol. The molecule has 8 nitrogen and oxygen atoms in total. The van der Waals surface area contributed by atoms with E-state index in [1.807, 2.05) is 17.5 Å². The van der Waals surface area contributed by atoms with E-state index in [4.69, 9.17) is 0 Å². The number of nitrogens with zero attached hydrogens (tertiary/aromatic N) is 3. The summed E-state index contributed by atoms with van der Waals surface area (Å²) in [6.45, 7) is 0.523. The number of thiophene rings is 1. The van der Waals surface area contributed by atoms with Gasteiger partial charge in [0.25, 0.3) is 5.91 Å². The van der Waals surface area contributed by atoms with Crippen molar-refractivity contribution in [1.29, 1.82) is 0 Å². The van der Waals surface area contributed by atoms with Crippen LogP contribution in [0.5, 0.6) is 0 Å². The molecular formula is C21H19FN3O5S2-.